The molecule has 0 fully saturated rings. The molecular formula is C20H25N3O5S. The third kappa shape index (κ3) is 6.03. The molecule has 0 radical (unpaired) electrons. The molecule has 2 aromatic rings. The van der Waals surface area contributed by atoms with Gasteiger partial charge in [-0.15, -0.1) is 0 Å². The van der Waals surface area contributed by atoms with Gasteiger partial charge >= 0.3 is 0 Å². The second-order valence-electron chi connectivity index (χ2n) is 6.35. The number of nitrogens with zero attached hydrogens (tertiary/aromatic N) is 1. The molecule has 2 N–H and O–H groups in total. The van der Waals surface area contributed by atoms with E-state index in [-0.39, 0.29) is 11.5 Å². The molecule has 9 heteroatoms. The van der Waals surface area contributed by atoms with Gasteiger partial charge in [0.25, 0.3) is 5.91 Å². The summed E-state index contributed by atoms with van der Waals surface area (Å²) in [5.41, 5.74) is 0.943. The van der Waals surface area contributed by atoms with Crippen LogP contribution < -0.4 is 14.9 Å². The fourth-order valence-electron chi connectivity index (χ4n) is 2.77. The van der Waals surface area contributed by atoms with Crippen LogP contribution >= 0.6 is 0 Å². The number of hydrogen-bond acceptors (Lipinski definition) is 5. The summed E-state index contributed by atoms with van der Waals surface area (Å²) in [6, 6.07) is 13.9. The monoisotopic (exact) mass is 419 g/mol. The van der Waals surface area contributed by atoms with Gasteiger partial charge in [-0.2, -0.15) is 0 Å². The van der Waals surface area contributed by atoms with Crippen LogP contribution in [-0.4, -0.2) is 52.8 Å². The number of benzene rings is 2. The largest absolute Gasteiger partial charge is 0.383 e. The molecule has 2 rings (SSSR count). The number of carbonyl (C=O) groups excluding carboxylic acids is 2. The van der Waals surface area contributed by atoms with Crippen molar-refractivity contribution in [3.8, 4) is 0 Å². The zero-order chi connectivity index (χ0) is 21.4. The minimum Gasteiger partial charge on any atom is -0.383 e. The first-order valence-electron chi connectivity index (χ1n) is 8.97. The lowest BCUT2D eigenvalue weighted by atomic mass is 10.1. The molecule has 1 atom stereocenters. The van der Waals surface area contributed by atoms with E-state index >= 15 is 0 Å². The smallest absolute Gasteiger partial charge is 0.253 e. The molecule has 0 aromatic heterocycles. The first-order valence-corrected chi connectivity index (χ1v) is 10.8. The number of nitrogens with one attached hydrogen (secondary N) is 2. The van der Waals surface area contributed by atoms with Gasteiger partial charge in [0.05, 0.1) is 29.8 Å². The van der Waals surface area contributed by atoms with Crippen molar-refractivity contribution in [3.63, 3.8) is 0 Å². The van der Waals surface area contributed by atoms with Crippen molar-refractivity contribution < 1.29 is 22.7 Å². The Morgan fingerprint density at radius 1 is 1.07 bits per heavy atom. The minimum absolute atomic E-state index is 0.273. The third-order valence-corrected chi connectivity index (χ3v) is 5.36. The number of amides is 2. The number of ether oxygens (including phenoxy) is 1. The fourth-order valence-corrected chi connectivity index (χ4v) is 3.95. The Balaban J connectivity index is 2.24. The maximum Gasteiger partial charge on any atom is 0.253 e. The average molecular weight is 420 g/mol. The average Bonchev–Trinajstić information content (AvgIpc) is 2.68. The lowest BCUT2D eigenvalue weighted by molar-refractivity contribution is -0.116. The SMILES string of the molecule is COCCNC(=O)c1ccccc1NC(=O)[C@@H](C)N(c1ccccc1)S(C)(=O)=O. The summed E-state index contributed by atoms with van der Waals surface area (Å²) in [5.74, 6) is -0.926. The van der Waals surface area contributed by atoms with Crippen LogP contribution in [0.3, 0.4) is 0 Å². The predicted molar refractivity (Wildman–Crippen MR) is 113 cm³/mol. The van der Waals surface area contributed by atoms with Crippen molar-refractivity contribution in [1.82, 2.24) is 5.32 Å². The lowest BCUT2D eigenvalue weighted by Gasteiger charge is -2.28. The number of sulfonamides is 1. The van der Waals surface area contributed by atoms with Gasteiger partial charge < -0.3 is 15.4 Å². The van der Waals surface area contributed by atoms with Gasteiger partial charge in [0.2, 0.25) is 15.9 Å². The van der Waals surface area contributed by atoms with Crippen LogP contribution in [0.5, 0.6) is 0 Å². The molecule has 0 aliphatic rings. The number of anilines is 2. The van der Waals surface area contributed by atoms with E-state index in [2.05, 4.69) is 10.6 Å². The van der Waals surface area contributed by atoms with Crippen LogP contribution in [-0.2, 0) is 19.6 Å². The molecule has 29 heavy (non-hydrogen) atoms. The van der Waals surface area contributed by atoms with Gasteiger partial charge in [0.15, 0.2) is 0 Å². The van der Waals surface area contributed by atoms with Crippen LogP contribution in [0.2, 0.25) is 0 Å². The van der Waals surface area contributed by atoms with Gasteiger partial charge in [0.1, 0.15) is 6.04 Å². The number of rotatable bonds is 9. The van der Waals surface area contributed by atoms with E-state index in [1.807, 2.05) is 0 Å². The van der Waals surface area contributed by atoms with E-state index in [0.29, 0.717) is 24.5 Å². The van der Waals surface area contributed by atoms with Crippen LogP contribution in [0.15, 0.2) is 54.6 Å². The second-order valence-corrected chi connectivity index (χ2v) is 8.21. The van der Waals surface area contributed by atoms with Crippen molar-refractivity contribution in [2.75, 3.05) is 36.1 Å². The molecule has 0 heterocycles. The summed E-state index contributed by atoms with van der Waals surface area (Å²) < 4.78 is 30.6. The standard InChI is InChI=1S/C20H25N3O5S/c1-15(23(29(3,26)27)16-9-5-4-6-10-16)19(24)22-18-12-8-7-11-17(18)20(25)21-13-14-28-2/h4-12,15H,13-14H2,1-3H3,(H,21,25)(H,22,24)/t15-/m1/s1. The summed E-state index contributed by atoms with van der Waals surface area (Å²) in [6.45, 7) is 2.17. The number of hydrogen-bond donors (Lipinski definition) is 2. The maximum absolute atomic E-state index is 12.8. The van der Waals surface area contributed by atoms with E-state index < -0.39 is 22.0 Å². The van der Waals surface area contributed by atoms with Gasteiger partial charge in [-0.05, 0) is 31.2 Å². The normalized spacial score (nSPS) is 12.1. The highest BCUT2D eigenvalue weighted by atomic mass is 32.2. The summed E-state index contributed by atoms with van der Waals surface area (Å²) >= 11 is 0. The third-order valence-electron chi connectivity index (χ3n) is 4.12. The molecule has 0 saturated carbocycles. The Hall–Kier alpha value is -2.91. The number of carbonyl (C=O) groups is 2. The number of methoxy groups -OCH3 is 1. The molecule has 0 unspecified atom stereocenters. The van der Waals surface area contributed by atoms with Crippen LogP contribution in [0.25, 0.3) is 0 Å². The van der Waals surface area contributed by atoms with Crippen molar-refractivity contribution in [2.45, 2.75) is 13.0 Å². The van der Waals surface area contributed by atoms with E-state index in [4.69, 9.17) is 4.74 Å². The summed E-state index contributed by atoms with van der Waals surface area (Å²) in [7, 11) is -2.19. The van der Waals surface area contributed by atoms with E-state index in [1.165, 1.54) is 14.0 Å². The quantitative estimate of drug-likeness (QED) is 0.604. The maximum atomic E-state index is 12.8. The first kappa shape index (κ1) is 22.4. The molecule has 2 aromatic carbocycles. The molecule has 0 spiro atoms. The highest BCUT2D eigenvalue weighted by molar-refractivity contribution is 7.92. The van der Waals surface area contributed by atoms with Crippen LogP contribution in [0.1, 0.15) is 17.3 Å². The zero-order valence-corrected chi connectivity index (χ0v) is 17.4. The summed E-state index contributed by atoms with van der Waals surface area (Å²) in [6.07, 6.45) is 1.04. The van der Waals surface area contributed by atoms with Gasteiger partial charge in [-0.1, -0.05) is 30.3 Å². The van der Waals surface area contributed by atoms with Crippen molar-refractivity contribution in [3.05, 3.63) is 60.2 Å². The highest BCUT2D eigenvalue weighted by Gasteiger charge is 2.29. The van der Waals surface area contributed by atoms with Crippen LogP contribution in [0.4, 0.5) is 11.4 Å². The Labute approximate surface area is 170 Å². The Bertz CT molecular complexity index is 948. The number of para-hydroxylation sites is 2. The summed E-state index contributed by atoms with van der Waals surface area (Å²) in [4.78, 5) is 25.2. The molecule has 0 saturated heterocycles. The van der Waals surface area contributed by atoms with Gasteiger partial charge in [0, 0.05) is 13.7 Å². The molecule has 0 bridgehead atoms. The first-order chi connectivity index (χ1) is 13.8. The highest BCUT2D eigenvalue weighted by Crippen LogP contribution is 2.22. The topological polar surface area (TPSA) is 105 Å². The van der Waals surface area contributed by atoms with Crippen molar-refractivity contribution >= 4 is 33.2 Å². The van der Waals surface area contributed by atoms with Crippen molar-refractivity contribution in [1.29, 1.82) is 0 Å². The Morgan fingerprint density at radius 3 is 2.31 bits per heavy atom. The predicted octanol–water partition coefficient (Wildman–Crippen LogP) is 1.86. The van der Waals surface area contributed by atoms with E-state index in [0.717, 1.165) is 10.6 Å². The lowest BCUT2D eigenvalue weighted by Crippen LogP contribution is -2.45. The summed E-state index contributed by atoms with van der Waals surface area (Å²) in [5, 5.41) is 5.36. The Kier molecular flexibility index (Phi) is 7.74. The Morgan fingerprint density at radius 2 is 1.69 bits per heavy atom. The van der Waals surface area contributed by atoms with Crippen LogP contribution in [0, 0.1) is 0 Å². The van der Waals surface area contributed by atoms with E-state index in [9.17, 15) is 18.0 Å². The molecule has 0 aliphatic carbocycles. The van der Waals surface area contributed by atoms with E-state index in [1.54, 1.807) is 54.6 Å². The minimum atomic E-state index is -3.72. The molecular weight excluding hydrogens is 394 g/mol. The zero-order valence-electron chi connectivity index (χ0n) is 16.6. The van der Waals surface area contributed by atoms with Crippen molar-refractivity contribution in [2.24, 2.45) is 0 Å². The molecule has 156 valence electrons. The molecule has 2 amide bonds. The molecule has 8 nitrogen and oxygen atoms in total. The molecule has 0 aliphatic heterocycles. The second kappa shape index (κ2) is 10.0. The van der Waals surface area contributed by atoms with Gasteiger partial charge in [-0.3, -0.25) is 13.9 Å². The van der Waals surface area contributed by atoms with Gasteiger partial charge in [-0.25, -0.2) is 8.42 Å². The fraction of sp³-hybridized carbons (Fsp3) is 0.300.